The molecule has 3 amide bonds. The fourth-order valence-corrected chi connectivity index (χ4v) is 3.10. The van der Waals surface area contributed by atoms with Gasteiger partial charge in [0.25, 0.3) is 0 Å². The largest absolute Gasteiger partial charge is 0.493 e. The lowest BCUT2D eigenvalue weighted by Crippen LogP contribution is -2.34. The number of hydrogen-bond donors (Lipinski definition) is 2. The van der Waals surface area contributed by atoms with Crippen LogP contribution in [0.4, 0.5) is 16.2 Å². The third-order valence-electron chi connectivity index (χ3n) is 4.47. The maximum absolute atomic E-state index is 12.2. The summed E-state index contributed by atoms with van der Waals surface area (Å²) in [6.07, 6.45) is 0.422. The van der Waals surface area contributed by atoms with Crippen LogP contribution in [0.2, 0.25) is 0 Å². The first-order valence-electron chi connectivity index (χ1n) is 8.73. The Balaban J connectivity index is 1.52. The molecule has 2 N–H and O–H groups in total. The number of carbonyl (C=O) groups excluding carboxylic acids is 2. The van der Waals surface area contributed by atoms with Crippen molar-refractivity contribution in [3.05, 3.63) is 48.5 Å². The zero-order valence-corrected chi connectivity index (χ0v) is 15.4. The van der Waals surface area contributed by atoms with Crippen LogP contribution in [0.3, 0.4) is 0 Å². The second kappa shape index (κ2) is 8.44. The van der Waals surface area contributed by atoms with Gasteiger partial charge < -0.3 is 25.0 Å². The normalized spacial score (nSPS) is 16.1. The predicted octanol–water partition coefficient (Wildman–Crippen LogP) is 2.88. The van der Waals surface area contributed by atoms with E-state index >= 15 is 0 Å². The van der Waals surface area contributed by atoms with Crippen molar-refractivity contribution in [3.8, 4) is 11.5 Å². The number of methoxy groups -OCH3 is 2. The molecule has 1 unspecified atom stereocenters. The van der Waals surface area contributed by atoms with E-state index in [1.807, 2.05) is 30.3 Å². The summed E-state index contributed by atoms with van der Waals surface area (Å²) in [6, 6.07) is 14.4. The topological polar surface area (TPSA) is 79.9 Å². The molecular formula is C20H23N3O4. The van der Waals surface area contributed by atoms with E-state index in [1.165, 1.54) is 7.11 Å². The second-order valence-corrected chi connectivity index (χ2v) is 6.31. The fraction of sp³-hybridized carbons (Fsp3) is 0.300. The highest BCUT2D eigenvalue weighted by atomic mass is 16.5. The van der Waals surface area contributed by atoms with Gasteiger partial charge in [-0.05, 0) is 24.3 Å². The van der Waals surface area contributed by atoms with E-state index in [4.69, 9.17) is 9.47 Å². The van der Waals surface area contributed by atoms with Crippen LogP contribution < -0.4 is 25.0 Å². The summed E-state index contributed by atoms with van der Waals surface area (Å²) in [5.74, 6) is 1.28. The molecule has 1 aliphatic rings. The van der Waals surface area contributed by atoms with Crippen molar-refractivity contribution in [3.63, 3.8) is 0 Å². The zero-order chi connectivity index (χ0) is 19.2. The third kappa shape index (κ3) is 4.49. The van der Waals surface area contributed by atoms with E-state index in [0.717, 1.165) is 5.69 Å². The van der Waals surface area contributed by atoms with Gasteiger partial charge in [0, 0.05) is 42.9 Å². The number of urea groups is 1. The van der Waals surface area contributed by atoms with Gasteiger partial charge in [-0.15, -0.1) is 0 Å². The number of carbonyl (C=O) groups is 2. The molecule has 2 aromatic rings. The average molecular weight is 369 g/mol. The van der Waals surface area contributed by atoms with Gasteiger partial charge in [0.15, 0.2) is 11.5 Å². The summed E-state index contributed by atoms with van der Waals surface area (Å²) in [7, 11) is 3.09. The monoisotopic (exact) mass is 369 g/mol. The van der Waals surface area contributed by atoms with Crippen LogP contribution in [-0.2, 0) is 4.79 Å². The molecule has 1 saturated heterocycles. The number of para-hydroxylation sites is 1. The van der Waals surface area contributed by atoms with E-state index in [-0.39, 0.29) is 17.9 Å². The van der Waals surface area contributed by atoms with E-state index in [9.17, 15) is 9.59 Å². The minimum absolute atomic E-state index is 0.0771. The molecule has 7 nitrogen and oxygen atoms in total. The average Bonchev–Trinajstić information content (AvgIpc) is 3.07. The molecule has 7 heteroatoms. The highest BCUT2D eigenvalue weighted by molar-refractivity contribution is 5.96. The lowest BCUT2D eigenvalue weighted by Gasteiger charge is -2.17. The highest BCUT2D eigenvalue weighted by Gasteiger charge is 2.30. The lowest BCUT2D eigenvalue weighted by atomic mass is 10.1. The Morgan fingerprint density at radius 3 is 2.56 bits per heavy atom. The molecule has 0 spiro atoms. The second-order valence-electron chi connectivity index (χ2n) is 6.31. The Kier molecular flexibility index (Phi) is 5.80. The molecule has 27 heavy (non-hydrogen) atoms. The van der Waals surface area contributed by atoms with Crippen LogP contribution >= 0.6 is 0 Å². The molecule has 0 radical (unpaired) electrons. The maximum Gasteiger partial charge on any atom is 0.319 e. The molecule has 1 heterocycles. The van der Waals surface area contributed by atoms with Crippen molar-refractivity contribution >= 4 is 23.3 Å². The highest BCUT2D eigenvalue weighted by Crippen LogP contribution is 2.29. The number of rotatable bonds is 6. The van der Waals surface area contributed by atoms with Crippen molar-refractivity contribution in [1.82, 2.24) is 5.32 Å². The van der Waals surface area contributed by atoms with Crippen LogP contribution in [0.5, 0.6) is 11.5 Å². The minimum atomic E-state index is -0.326. The molecule has 2 aromatic carbocycles. The van der Waals surface area contributed by atoms with Crippen LogP contribution in [0.15, 0.2) is 48.5 Å². The summed E-state index contributed by atoms with van der Waals surface area (Å²) in [5.41, 5.74) is 1.48. The Morgan fingerprint density at radius 2 is 1.85 bits per heavy atom. The van der Waals surface area contributed by atoms with E-state index in [2.05, 4.69) is 10.6 Å². The Labute approximate surface area is 158 Å². The van der Waals surface area contributed by atoms with Crippen molar-refractivity contribution < 1.29 is 19.1 Å². The van der Waals surface area contributed by atoms with Crippen LogP contribution in [0, 0.1) is 5.92 Å². The number of hydrogen-bond acceptors (Lipinski definition) is 4. The molecule has 3 rings (SSSR count). The summed E-state index contributed by atoms with van der Waals surface area (Å²) in [4.78, 5) is 26.1. The van der Waals surface area contributed by atoms with Crippen LogP contribution in [-0.4, -0.2) is 39.2 Å². The number of nitrogens with one attached hydrogen (secondary N) is 2. The maximum atomic E-state index is 12.2. The first-order chi connectivity index (χ1) is 13.1. The fourth-order valence-electron chi connectivity index (χ4n) is 3.10. The first-order valence-corrected chi connectivity index (χ1v) is 8.73. The Bertz CT molecular complexity index is 810. The van der Waals surface area contributed by atoms with Crippen LogP contribution in [0.25, 0.3) is 0 Å². The van der Waals surface area contributed by atoms with Gasteiger partial charge >= 0.3 is 6.03 Å². The minimum Gasteiger partial charge on any atom is -0.493 e. The number of ether oxygens (including phenoxy) is 2. The summed E-state index contributed by atoms with van der Waals surface area (Å²) in [5, 5.41) is 5.59. The molecule has 0 bridgehead atoms. The quantitative estimate of drug-likeness (QED) is 0.821. The first kappa shape index (κ1) is 18.6. The standard InChI is InChI=1S/C20H23N3O4/c1-26-17-9-8-15(11-18(17)27-2)22-20(25)21-12-14-10-19(24)23(13-14)16-6-4-3-5-7-16/h3-9,11,14H,10,12-13H2,1-2H3,(H2,21,22,25). The lowest BCUT2D eigenvalue weighted by molar-refractivity contribution is -0.117. The predicted molar refractivity (Wildman–Crippen MR) is 103 cm³/mol. The van der Waals surface area contributed by atoms with Gasteiger partial charge in [-0.3, -0.25) is 4.79 Å². The van der Waals surface area contributed by atoms with Gasteiger partial charge in [0.2, 0.25) is 5.91 Å². The van der Waals surface area contributed by atoms with Gasteiger partial charge in [-0.1, -0.05) is 18.2 Å². The van der Waals surface area contributed by atoms with Crippen molar-refractivity contribution in [2.75, 3.05) is 37.5 Å². The van der Waals surface area contributed by atoms with Gasteiger partial charge in [-0.25, -0.2) is 4.79 Å². The van der Waals surface area contributed by atoms with Gasteiger partial charge in [0.05, 0.1) is 14.2 Å². The SMILES string of the molecule is COc1ccc(NC(=O)NCC2CC(=O)N(c3ccccc3)C2)cc1OC. The van der Waals surface area contributed by atoms with E-state index in [0.29, 0.717) is 36.7 Å². The molecule has 0 saturated carbocycles. The third-order valence-corrected chi connectivity index (χ3v) is 4.47. The summed E-state index contributed by atoms with van der Waals surface area (Å²) in [6.45, 7) is 1.02. The summed E-state index contributed by atoms with van der Waals surface area (Å²) >= 11 is 0. The van der Waals surface area contributed by atoms with Crippen LogP contribution in [0.1, 0.15) is 6.42 Å². The summed E-state index contributed by atoms with van der Waals surface area (Å²) < 4.78 is 10.4. The van der Waals surface area contributed by atoms with E-state index < -0.39 is 0 Å². The molecule has 142 valence electrons. The number of nitrogens with zero attached hydrogens (tertiary/aromatic N) is 1. The smallest absolute Gasteiger partial charge is 0.319 e. The van der Waals surface area contributed by atoms with Gasteiger partial charge in [0.1, 0.15) is 0 Å². The molecule has 1 atom stereocenters. The number of anilines is 2. The molecular weight excluding hydrogens is 346 g/mol. The molecule has 1 aliphatic heterocycles. The zero-order valence-electron chi connectivity index (χ0n) is 15.4. The number of amides is 3. The van der Waals surface area contributed by atoms with Gasteiger partial charge in [-0.2, -0.15) is 0 Å². The Hall–Kier alpha value is -3.22. The molecule has 1 fully saturated rings. The van der Waals surface area contributed by atoms with Crippen molar-refractivity contribution in [2.24, 2.45) is 5.92 Å². The molecule has 0 aromatic heterocycles. The molecule has 0 aliphatic carbocycles. The van der Waals surface area contributed by atoms with Crippen molar-refractivity contribution in [2.45, 2.75) is 6.42 Å². The Morgan fingerprint density at radius 1 is 1.11 bits per heavy atom. The number of benzene rings is 2. The van der Waals surface area contributed by atoms with E-state index in [1.54, 1.807) is 30.2 Å². The van der Waals surface area contributed by atoms with Crippen molar-refractivity contribution in [1.29, 1.82) is 0 Å².